The van der Waals surface area contributed by atoms with Gasteiger partial charge in [0.25, 0.3) is 0 Å². The maximum Gasteiger partial charge on any atom is 0.338 e. The van der Waals surface area contributed by atoms with Gasteiger partial charge in [0.1, 0.15) is 34.8 Å². The third-order valence-corrected chi connectivity index (χ3v) is 15.8. The van der Waals surface area contributed by atoms with Crippen molar-refractivity contribution in [2.75, 3.05) is 81.7 Å². The Balaban J connectivity index is 0.000000256. The molecule has 0 unspecified atom stereocenters. The number of esters is 8. The third-order valence-electron chi connectivity index (χ3n) is 15.8. The second-order valence-electron chi connectivity index (χ2n) is 24.5. The second kappa shape index (κ2) is 48.9. The van der Waals surface area contributed by atoms with Crippen LogP contribution in [-0.2, 0) is 82.8 Å². The molecule has 2 aromatic heterocycles. The van der Waals surface area contributed by atoms with Gasteiger partial charge in [0.2, 0.25) is 11.9 Å². The fourth-order valence-corrected chi connectivity index (χ4v) is 10.2. The third kappa shape index (κ3) is 33.1. The molecule has 112 heavy (non-hydrogen) atoms. The maximum absolute atomic E-state index is 11.2. The molecule has 0 saturated heterocycles. The minimum atomic E-state index is -0.550. The lowest BCUT2D eigenvalue weighted by Gasteiger charge is -2.10. The number of nitrogens with one attached hydrogen (secondary N) is 2. The monoisotopic (exact) mass is 1530 g/mol. The minimum absolute atomic E-state index is 0.0865. The van der Waals surface area contributed by atoms with Crippen LogP contribution in [0.4, 0.5) is 23.3 Å². The molecule has 26 nitrogen and oxygen atoms in total. The highest BCUT2D eigenvalue weighted by molar-refractivity contribution is 6.03. The molecule has 10 aromatic rings. The fourth-order valence-electron chi connectivity index (χ4n) is 10.2. The number of hydrogen-bond acceptors (Lipinski definition) is 26. The molecule has 0 aliphatic rings. The Morgan fingerprint density at radius 2 is 0.554 bits per heavy atom. The molecular formula is C86H96N8O18. The zero-order chi connectivity index (χ0) is 81.7. The Hall–Kier alpha value is -13.3. The van der Waals surface area contributed by atoms with Gasteiger partial charge in [0, 0.05) is 49.9 Å². The maximum atomic E-state index is 11.2. The zero-order valence-corrected chi connectivity index (χ0v) is 65.6. The van der Waals surface area contributed by atoms with E-state index in [9.17, 15) is 38.4 Å². The molecule has 0 radical (unpaired) electrons. The normalized spacial score (nSPS) is 9.98. The van der Waals surface area contributed by atoms with Gasteiger partial charge in [-0.1, -0.05) is 131 Å². The lowest BCUT2D eigenvalue weighted by Crippen LogP contribution is -2.11. The van der Waals surface area contributed by atoms with Crippen molar-refractivity contribution in [3.8, 4) is 11.5 Å². The largest absolute Gasteiger partial charge is 0.497 e. The second-order valence-corrected chi connectivity index (χ2v) is 24.5. The van der Waals surface area contributed by atoms with Crippen LogP contribution < -0.4 is 20.1 Å². The Morgan fingerprint density at radius 3 is 0.795 bits per heavy atom. The number of benzene rings is 8. The van der Waals surface area contributed by atoms with Gasteiger partial charge in [-0.25, -0.2) is 29.1 Å². The summed E-state index contributed by atoms with van der Waals surface area (Å²) in [7, 11) is 13.7. The number of ether oxygens (including phenoxy) is 10. The highest BCUT2D eigenvalue weighted by Gasteiger charge is 2.18. The van der Waals surface area contributed by atoms with E-state index in [0.717, 1.165) is 46.2 Å². The summed E-state index contributed by atoms with van der Waals surface area (Å²) < 4.78 is 46.0. The molecular weight excluding hydrogens is 1430 g/mol. The summed E-state index contributed by atoms with van der Waals surface area (Å²) in [6.07, 6.45) is 4.87. The molecule has 0 aliphatic carbocycles. The molecule has 0 aliphatic heterocycles. The molecule has 0 fully saturated rings. The van der Waals surface area contributed by atoms with Crippen molar-refractivity contribution in [2.45, 2.75) is 91.9 Å². The van der Waals surface area contributed by atoms with Crippen LogP contribution in [-0.4, -0.2) is 149 Å². The van der Waals surface area contributed by atoms with Crippen LogP contribution in [0.15, 0.2) is 194 Å². The molecule has 0 atom stereocenters. The van der Waals surface area contributed by atoms with Crippen LogP contribution in [0.1, 0.15) is 148 Å². The lowest BCUT2D eigenvalue weighted by molar-refractivity contribution is -0.147. The van der Waals surface area contributed by atoms with E-state index >= 15 is 0 Å². The summed E-state index contributed by atoms with van der Waals surface area (Å²) in [6.45, 7) is 8.38. The van der Waals surface area contributed by atoms with E-state index in [1.165, 1.54) is 138 Å². The van der Waals surface area contributed by atoms with Crippen molar-refractivity contribution in [1.82, 2.24) is 29.9 Å². The number of aryl methyl sites for hydroxylation is 4. The lowest BCUT2D eigenvalue weighted by atomic mass is 10.1. The number of carbonyl (C=O) groups excluding carboxylic acids is 8. The van der Waals surface area contributed by atoms with Crippen LogP contribution in [0.5, 0.6) is 11.5 Å². The summed E-state index contributed by atoms with van der Waals surface area (Å²) in [5, 5.41) is 6.63. The molecule has 588 valence electrons. The van der Waals surface area contributed by atoms with Crippen LogP contribution >= 0.6 is 0 Å². The number of carbonyl (C=O) groups is 8. The minimum Gasteiger partial charge on any atom is -0.497 e. The van der Waals surface area contributed by atoms with Crippen molar-refractivity contribution in [1.29, 1.82) is 0 Å². The molecule has 10 rings (SSSR count). The topological polar surface area (TPSA) is 330 Å². The molecule has 2 N–H and O–H groups in total. The molecule has 0 saturated carbocycles. The number of aromatic nitrogens is 6. The van der Waals surface area contributed by atoms with Gasteiger partial charge in [0.05, 0.1) is 106 Å². The van der Waals surface area contributed by atoms with Crippen molar-refractivity contribution in [2.24, 2.45) is 0 Å². The van der Waals surface area contributed by atoms with E-state index in [0.29, 0.717) is 74.4 Å². The molecule has 26 heteroatoms. The van der Waals surface area contributed by atoms with Crippen LogP contribution in [0.2, 0.25) is 0 Å². The Morgan fingerprint density at radius 1 is 0.286 bits per heavy atom. The molecule has 2 heterocycles. The van der Waals surface area contributed by atoms with E-state index in [1.807, 2.05) is 48.5 Å². The van der Waals surface area contributed by atoms with Gasteiger partial charge in [-0.3, -0.25) is 19.2 Å². The highest BCUT2D eigenvalue weighted by Crippen LogP contribution is 2.23. The summed E-state index contributed by atoms with van der Waals surface area (Å²) in [4.78, 5) is 115. The fraction of sp³-hybridized carbons (Fsp3) is 0.279. The smallest absolute Gasteiger partial charge is 0.338 e. The number of anilines is 4. The quantitative estimate of drug-likeness (QED) is 0.0289. The number of methoxy groups -OCH3 is 10. The number of rotatable bonds is 26. The van der Waals surface area contributed by atoms with Gasteiger partial charge in [-0.2, -0.15) is 19.9 Å². The van der Waals surface area contributed by atoms with E-state index in [2.05, 4.69) is 173 Å². The first-order valence-electron chi connectivity index (χ1n) is 35.3. The van der Waals surface area contributed by atoms with Gasteiger partial charge in [0.15, 0.2) is 0 Å². The van der Waals surface area contributed by atoms with Crippen LogP contribution in [0.25, 0.3) is 0 Å². The van der Waals surface area contributed by atoms with Crippen molar-refractivity contribution in [3.63, 3.8) is 0 Å². The van der Waals surface area contributed by atoms with Gasteiger partial charge >= 0.3 is 47.8 Å². The summed E-state index contributed by atoms with van der Waals surface area (Å²) >= 11 is 0. The average Bonchev–Trinajstić information content (AvgIpc) is 0.914. The van der Waals surface area contributed by atoms with Crippen molar-refractivity contribution >= 4 is 71.0 Å². The predicted molar refractivity (Wildman–Crippen MR) is 422 cm³/mol. The van der Waals surface area contributed by atoms with Crippen molar-refractivity contribution in [3.05, 3.63) is 284 Å². The zero-order valence-electron chi connectivity index (χ0n) is 65.6. The van der Waals surface area contributed by atoms with E-state index in [1.54, 1.807) is 26.4 Å². The van der Waals surface area contributed by atoms with E-state index < -0.39 is 35.8 Å². The van der Waals surface area contributed by atoms with Crippen LogP contribution in [0.3, 0.4) is 0 Å². The number of hydrogen-bond donors (Lipinski definition) is 2. The Bertz CT molecular complexity index is 4250. The summed E-state index contributed by atoms with van der Waals surface area (Å²) in [5.74, 6) is 2.48. The Labute approximate surface area is 652 Å². The summed E-state index contributed by atoms with van der Waals surface area (Å²) in [6, 6.07) is 61.5. The molecule has 0 amide bonds. The first-order chi connectivity index (χ1) is 53.9. The van der Waals surface area contributed by atoms with Gasteiger partial charge in [-0.15, -0.1) is 0 Å². The first-order valence-corrected chi connectivity index (χ1v) is 35.3. The summed E-state index contributed by atoms with van der Waals surface area (Å²) in [5.41, 5.74) is 12.7. The number of unbranched alkanes of at least 4 members (excludes halogenated alkanes) is 1. The van der Waals surface area contributed by atoms with Crippen LogP contribution in [0, 0.1) is 27.7 Å². The standard InChI is InChI=1S/2C26H26N4O.2C10H10O4.C8H14O4.C6H10O4/c2*1-18-6-4-8-20(14-18)16-24-28-25(17-21-9-5-7-19(2)15-21)30-26(29-24)27-22-10-12-23(31-3)13-11-22;1-13-9(11)7-3-5-8(6-4-7)10(12)14-2;1-13-9(11)7-5-3-4-6-8(7)10(12)14-2;1-11-7(9)5-3-4-6-8(10)12-2;1-9-5(7)3-4-6(8)10-2/h2*4-15H,16-17H2,1-3H3,(H,27,28,29,30);2*3-6H,1-2H3;3-6H2,1-2H3;3-4H2,1-2H3. The average molecular weight is 1530 g/mol. The van der Waals surface area contributed by atoms with E-state index in [4.69, 9.17) is 39.4 Å². The van der Waals surface area contributed by atoms with Crippen molar-refractivity contribution < 1.29 is 85.7 Å². The molecule has 8 aromatic carbocycles. The van der Waals surface area contributed by atoms with E-state index in [-0.39, 0.29) is 35.9 Å². The number of nitrogens with zero attached hydrogens (tertiary/aromatic N) is 6. The SMILES string of the molecule is COC(=O)CCC(=O)OC.COC(=O)CCCCC(=O)OC.COC(=O)c1ccc(C(=O)OC)cc1.COC(=O)c1ccccc1C(=O)OC.COc1ccc(Nc2nc(Cc3cccc(C)c3)nc(Cc3cccc(C)c3)n2)cc1.COc1ccc(Nc2nc(Cc3cccc(C)c3)nc(Cc3cccc(C)c3)n2)cc1. The first kappa shape index (κ1) is 89.4. The molecule has 0 spiro atoms. The highest BCUT2D eigenvalue weighted by atomic mass is 16.5. The molecule has 0 bridgehead atoms. The van der Waals surface area contributed by atoms with Gasteiger partial charge in [-0.05, 0) is 148 Å². The van der Waals surface area contributed by atoms with Gasteiger partial charge < -0.3 is 58.0 Å². The Kier molecular flexibility index (Phi) is 39.0. The predicted octanol–water partition coefficient (Wildman–Crippen LogP) is 14.4.